The van der Waals surface area contributed by atoms with Crippen molar-refractivity contribution in [3.05, 3.63) is 54.0 Å². The van der Waals surface area contributed by atoms with Crippen LogP contribution in [0, 0.1) is 13.8 Å². The first kappa shape index (κ1) is 21.1. The van der Waals surface area contributed by atoms with E-state index >= 15 is 0 Å². The molecular weight excluding hydrogens is 420 g/mol. The van der Waals surface area contributed by atoms with Crippen LogP contribution in [0.15, 0.2) is 41.3 Å². The number of hydrogen-bond donors (Lipinski definition) is 2. The molecule has 0 bridgehead atoms. The third-order valence-corrected chi connectivity index (χ3v) is 6.02. The summed E-state index contributed by atoms with van der Waals surface area (Å²) in [4.78, 5) is 23.5. The molecule has 0 radical (unpaired) electrons. The summed E-state index contributed by atoms with van der Waals surface area (Å²) in [5.74, 6) is -0.345. The Morgan fingerprint density at radius 3 is 2.55 bits per heavy atom. The molecule has 4 aromatic rings. The molecule has 0 aliphatic carbocycles. The largest absolute Gasteiger partial charge is 0.451 e. The maximum Gasteiger partial charge on any atom is 0.277 e. The molecule has 4 heterocycles. The van der Waals surface area contributed by atoms with Gasteiger partial charge in [-0.25, -0.2) is 4.98 Å². The molecule has 1 aliphatic heterocycles. The molecule has 0 atom stereocenters. The fourth-order valence-electron chi connectivity index (χ4n) is 4.53. The fourth-order valence-corrected chi connectivity index (χ4v) is 4.53. The average molecular weight is 447 g/mol. The number of aliphatic hydroxyl groups is 1. The Balaban J connectivity index is 1.65. The molecule has 0 saturated carbocycles. The molecule has 9 nitrogen and oxygen atoms in total. The number of carbonyl (C=O) groups excluding carboxylic acids is 1. The number of hydrogen-bond acceptors (Lipinski definition) is 7. The smallest absolute Gasteiger partial charge is 0.277 e. The van der Waals surface area contributed by atoms with Gasteiger partial charge in [0.25, 0.3) is 5.91 Å². The molecule has 1 aromatic carbocycles. The summed E-state index contributed by atoms with van der Waals surface area (Å²) in [6.07, 6.45) is 3.62. The van der Waals surface area contributed by atoms with E-state index in [0.29, 0.717) is 31.6 Å². The minimum atomic E-state index is -0.345. The number of piperidine rings is 1. The summed E-state index contributed by atoms with van der Waals surface area (Å²) in [5.41, 5.74) is 6.43. The van der Waals surface area contributed by atoms with E-state index in [9.17, 15) is 9.90 Å². The number of nitrogens with zero attached hydrogens (tertiary/aromatic N) is 5. The summed E-state index contributed by atoms with van der Waals surface area (Å²) in [6, 6.07) is 8.06. The second-order valence-electron chi connectivity index (χ2n) is 8.54. The Labute approximate surface area is 191 Å². The standard InChI is InChI=1S/C24H26N6O3/c1-14-8-16(9-15(2)26-14)23-18-10-20(27-24(32)21-12-33-13-25-21)22(11-19(18)28-29(23)3)30-6-4-17(31)5-7-30/h8-13,17,31H,4-7H2,1-3H3,(H,27,32). The number of pyridine rings is 1. The molecule has 3 aromatic heterocycles. The van der Waals surface area contributed by atoms with Crippen molar-refractivity contribution >= 4 is 28.2 Å². The Morgan fingerprint density at radius 1 is 1.15 bits per heavy atom. The van der Waals surface area contributed by atoms with E-state index < -0.39 is 0 Å². The lowest BCUT2D eigenvalue weighted by molar-refractivity contribution is 0.102. The number of carbonyl (C=O) groups is 1. The van der Waals surface area contributed by atoms with Crippen molar-refractivity contribution in [2.45, 2.75) is 32.8 Å². The highest BCUT2D eigenvalue weighted by Gasteiger charge is 2.23. The minimum absolute atomic E-state index is 0.210. The van der Waals surface area contributed by atoms with Gasteiger partial charge in [0.2, 0.25) is 0 Å². The monoisotopic (exact) mass is 446 g/mol. The zero-order valence-electron chi connectivity index (χ0n) is 18.9. The Bertz CT molecular complexity index is 1300. The topological polar surface area (TPSA) is 109 Å². The van der Waals surface area contributed by atoms with Gasteiger partial charge in [-0.1, -0.05) is 0 Å². The van der Waals surface area contributed by atoms with Gasteiger partial charge in [-0.3, -0.25) is 14.5 Å². The second kappa shape index (κ2) is 8.32. The van der Waals surface area contributed by atoms with Crippen LogP contribution in [0.5, 0.6) is 0 Å². The van der Waals surface area contributed by atoms with E-state index in [0.717, 1.165) is 39.2 Å². The van der Waals surface area contributed by atoms with Crippen LogP contribution in [0.25, 0.3) is 22.2 Å². The highest BCUT2D eigenvalue weighted by Crippen LogP contribution is 2.37. The summed E-state index contributed by atoms with van der Waals surface area (Å²) < 4.78 is 6.84. The zero-order valence-corrected chi connectivity index (χ0v) is 18.9. The highest BCUT2D eigenvalue weighted by molar-refractivity contribution is 6.07. The van der Waals surface area contributed by atoms with E-state index in [1.807, 2.05) is 49.8 Å². The van der Waals surface area contributed by atoms with Crippen molar-refractivity contribution < 1.29 is 14.3 Å². The van der Waals surface area contributed by atoms with Crippen molar-refractivity contribution in [3.63, 3.8) is 0 Å². The molecule has 1 fully saturated rings. The lowest BCUT2D eigenvalue weighted by Crippen LogP contribution is -2.36. The zero-order chi connectivity index (χ0) is 23.1. The maximum atomic E-state index is 12.8. The van der Waals surface area contributed by atoms with E-state index in [4.69, 9.17) is 9.52 Å². The molecule has 1 amide bonds. The minimum Gasteiger partial charge on any atom is -0.451 e. The van der Waals surface area contributed by atoms with Crippen LogP contribution in [0.2, 0.25) is 0 Å². The van der Waals surface area contributed by atoms with Gasteiger partial charge in [-0.2, -0.15) is 5.10 Å². The Morgan fingerprint density at radius 2 is 1.88 bits per heavy atom. The summed E-state index contributed by atoms with van der Waals surface area (Å²) in [7, 11) is 1.92. The van der Waals surface area contributed by atoms with E-state index in [2.05, 4.69) is 20.2 Å². The lowest BCUT2D eigenvalue weighted by atomic mass is 10.0. The molecule has 33 heavy (non-hydrogen) atoms. The number of aromatic nitrogens is 4. The van der Waals surface area contributed by atoms with Gasteiger partial charge in [0.1, 0.15) is 6.26 Å². The number of fused-ring (bicyclic) bond motifs is 1. The van der Waals surface area contributed by atoms with Crippen LogP contribution in [-0.2, 0) is 7.05 Å². The van der Waals surface area contributed by atoms with Crippen LogP contribution in [0.1, 0.15) is 34.7 Å². The van der Waals surface area contributed by atoms with Crippen LogP contribution in [0.4, 0.5) is 11.4 Å². The van der Waals surface area contributed by atoms with Crippen molar-refractivity contribution in [2.75, 3.05) is 23.3 Å². The molecule has 5 rings (SSSR count). The SMILES string of the molecule is Cc1cc(-c2c3cc(NC(=O)c4cocn4)c(N4CCC(O)CC4)cc3nn2C)cc(C)n1. The Hall–Kier alpha value is -3.72. The van der Waals surface area contributed by atoms with Gasteiger partial charge >= 0.3 is 0 Å². The van der Waals surface area contributed by atoms with E-state index in [1.54, 1.807) is 0 Å². The lowest BCUT2D eigenvalue weighted by Gasteiger charge is -2.32. The van der Waals surface area contributed by atoms with Crippen LogP contribution >= 0.6 is 0 Å². The molecule has 0 unspecified atom stereocenters. The number of oxazole rings is 1. The number of anilines is 2. The van der Waals surface area contributed by atoms with Crippen LogP contribution in [0.3, 0.4) is 0 Å². The summed E-state index contributed by atoms with van der Waals surface area (Å²) >= 11 is 0. The second-order valence-corrected chi connectivity index (χ2v) is 8.54. The number of aliphatic hydroxyl groups excluding tert-OH is 1. The predicted octanol–water partition coefficient (Wildman–Crippen LogP) is 3.45. The number of amides is 1. The summed E-state index contributed by atoms with van der Waals surface area (Å²) in [6.45, 7) is 5.34. The first-order valence-electron chi connectivity index (χ1n) is 11.0. The van der Waals surface area contributed by atoms with Gasteiger partial charge in [-0.05, 0) is 51.0 Å². The number of aryl methyl sites for hydroxylation is 3. The van der Waals surface area contributed by atoms with Crippen LogP contribution < -0.4 is 10.2 Å². The van der Waals surface area contributed by atoms with Gasteiger partial charge in [-0.15, -0.1) is 0 Å². The molecule has 170 valence electrons. The van der Waals surface area contributed by atoms with E-state index in [-0.39, 0.29) is 17.7 Å². The predicted molar refractivity (Wildman–Crippen MR) is 125 cm³/mol. The van der Waals surface area contributed by atoms with Gasteiger partial charge < -0.3 is 19.7 Å². The van der Waals surface area contributed by atoms with Crippen molar-refractivity contribution in [1.82, 2.24) is 19.7 Å². The van der Waals surface area contributed by atoms with Gasteiger partial charge in [0.05, 0.1) is 28.7 Å². The molecule has 2 N–H and O–H groups in total. The molecule has 1 aliphatic rings. The normalized spacial score (nSPS) is 14.7. The third kappa shape index (κ3) is 4.07. The molecule has 0 spiro atoms. The van der Waals surface area contributed by atoms with Crippen molar-refractivity contribution in [3.8, 4) is 11.3 Å². The summed E-state index contributed by atoms with van der Waals surface area (Å²) in [5, 5.41) is 18.7. The Kier molecular flexibility index (Phi) is 5.33. The van der Waals surface area contributed by atoms with Gasteiger partial charge in [0.15, 0.2) is 12.1 Å². The maximum absolute atomic E-state index is 12.8. The number of rotatable bonds is 4. The first-order valence-corrected chi connectivity index (χ1v) is 11.0. The fraction of sp³-hybridized carbons (Fsp3) is 0.333. The molecule has 9 heteroatoms. The first-order chi connectivity index (χ1) is 15.9. The number of benzene rings is 1. The average Bonchev–Trinajstić information content (AvgIpc) is 3.40. The van der Waals surface area contributed by atoms with Crippen molar-refractivity contribution in [2.24, 2.45) is 7.05 Å². The molecular formula is C24H26N6O3. The highest BCUT2D eigenvalue weighted by atomic mass is 16.3. The quantitative estimate of drug-likeness (QED) is 0.494. The van der Waals surface area contributed by atoms with Crippen LogP contribution in [-0.4, -0.2) is 50.0 Å². The number of nitrogens with one attached hydrogen (secondary N) is 1. The van der Waals surface area contributed by atoms with Gasteiger partial charge in [0, 0.05) is 42.5 Å². The third-order valence-electron chi connectivity index (χ3n) is 6.02. The van der Waals surface area contributed by atoms with Crippen molar-refractivity contribution in [1.29, 1.82) is 0 Å². The molecule has 1 saturated heterocycles. The van der Waals surface area contributed by atoms with E-state index in [1.165, 1.54) is 12.7 Å².